The molecule has 0 N–H and O–H groups in total. The normalized spacial score (nSPS) is 13.5. The van der Waals surface area contributed by atoms with Crippen molar-refractivity contribution in [3.8, 4) is 11.4 Å². The first-order chi connectivity index (χ1) is 14.2. The molecule has 3 aromatic rings. The average Bonchev–Trinajstić information content (AvgIpc) is 3.16. The smallest absolute Gasteiger partial charge is 0.198 e. The number of nitrogens with zero attached hydrogens (tertiary/aromatic N) is 2. The van der Waals surface area contributed by atoms with Crippen molar-refractivity contribution in [3.63, 3.8) is 0 Å². The summed E-state index contributed by atoms with van der Waals surface area (Å²) in [4.78, 5) is 0. The molecule has 1 aliphatic rings. The van der Waals surface area contributed by atoms with E-state index in [1.807, 2.05) is 0 Å². The summed E-state index contributed by atoms with van der Waals surface area (Å²) in [6, 6.07) is 13.7. The van der Waals surface area contributed by atoms with E-state index in [1.165, 1.54) is 70.7 Å². The van der Waals surface area contributed by atoms with Crippen molar-refractivity contribution in [2.24, 2.45) is 0 Å². The fourth-order valence-electron chi connectivity index (χ4n) is 5.08. The number of hydrogen-bond donors (Lipinski definition) is 0. The van der Waals surface area contributed by atoms with Gasteiger partial charge in [0.15, 0.2) is 11.4 Å². The van der Waals surface area contributed by atoms with Crippen LogP contribution in [0.25, 0.3) is 11.4 Å². The van der Waals surface area contributed by atoms with Gasteiger partial charge in [-0.2, -0.15) is 9.13 Å². The van der Waals surface area contributed by atoms with Crippen LogP contribution in [0.4, 0.5) is 0 Å². The molecule has 0 fully saturated rings. The van der Waals surface area contributed by atoms with Crippen molar-refractivity contribution >= 4 is 0 Å². The Bertz CT molecular complexity index is 885. The zero-order chi connectivity index (χ0) is 20.4. The van der Waals surface area contributed by atoms with Crippen molar-refractivity contribution in [1.82, 2.24) is 4.57 Å². The molecular weight excluding hydrogens is 352 g/mol. The summed E-state index contributed by atoms with van der Waals surface area (Å²) in [5.41, 5.74) is 11.7. The van der Waals surface area contributed by atoms with Crippen LogP contribution in [0.3, 0.4) is 0 Å². The Morgan fingerprint density at radius 1 is 0.724 bits per heavy atom. The van der Waals surface area contributed by atoms with Gasteiger partial charge in [0, 0.05) is 12.8 Å². The zero-order valence-electron chi connectivity index (χ0n) is 18.6. The van der Waals surface area contributed by atoms with Crippen molar-refractivity contribution < 1.29 is 4.57 Å². The third-order valence-corrected chi connectivity index (χ3v) is 6.63. The van der Waals surface area contributed by atoms with Crippen LogP contribution in [0.15, 0.2) is 42.7 Å². The summed E-state index contributed by atoms with van der Waals surface area (Å²) in [5.74, 6) is 0. The molecule has 152 valence electrons. The number of para-hydroxylation sites is 2. The highest BCUT2D eigenvalue weighted by molar-refractivity contribution is 5.50. The molecule has 0 spiro atoms. The maximum absolute atomic E-state index is 2.55. The number of fused-ring (bicyclic) bond motifs is 1. The molecule has 0 bridgehead atoms. The van der Waals surface area contributed by atoms with Crippen LogP contribution in [0.2, 0.25) is 0 Å². The van der Waals surface area contributed by atoms with Gasteiger partial charge in [-0.25, -0.2) is 0 Å². The molecule has 2 heteroatoms. The van der Waals surface area contributed by atoms with Crippen LogP contribution in [-0.4, -0.2) is 4.57 Å². The van der Waals surface area contributed by atoms with E-state index in [1.54, 1.807) is 0 Å². The molecular formula is C27H35N2+. The van der Waals surface area contributed by atoms with Gasteiger partial charge in [-0.05, 0) is 60.8 Å². The molecule has 0 saturated carbocycles. The number of aromatic nitrogens is 2. The Kier molecular flexibility index (Phi) is 5.89. The number of imidazole rings is 1. The SMILES string of the molecule is CCc1cccc(CC)c1-n1c[n+](-c2c(CC)cccc2CC)c2c1CCCC2. The van der Waals surface area contributed by atoms with Gasteiger partial charge in [-0.15, -0.1) is 0 Å². The molecule has 2 aromatic carbocycles. The molecule has 1 aliphatic carbocycles. The molecule has 1 heterocycles. The topological polar surface area (TPSA) is 8.81 Å². The zero-order valence-corrected chi connectivity index (χ0v) is 18.6. The van der Waals surface area contributed by atoms with Crippen LogP contribution in [0, 0.1) is 0 Å². The molecule has 0 amide bonds. The summed E-state index contributed by atoms with van der Waals surface area (Å²) in [6.45, 7) is 9.13. The lowest BCUT2D eigenvalue weighted by Crippen LogP contribution is -2.36. The maximum atomic E-state index is 2.55. The Morgan fingerprint density at radius 3 is 1.79 bits per heavy atom. The highest BCUT2D eigenvalue weighted by atomic mass is 15.2. The van der Waals surface area contributed by atoms with E-state index >= 15 is 0 Å². The average molecular weight is 388 g/mol. The molecule has 29 heavy (non-hydrogen) atoms. The molecule has 2 nitrogen and oxygen atoms in total. The lowest BCUT2D eigenvalue weighted by atomic mass is 9.97. The van der Waals surface area contributed by atoms with Gasteiger partial charge in [-0.1, -0.05) is 64.1 Å². The third kappa shape index (κ3) is 3.43. The molecule has 4 rings (SSSR count). The summed E-state index contributed by atoms with van der Waals surface area (Å²) < 4.78 is 5.11. The van der Waals surface area contributed by atoms with Gasteiger partial charge < -0.3 is 0 Å². The van der Waals surface area contributed by atoms with Gasteiger partial charge in [0.1, 0.15) is 11.4 Å². The van der Waals surface area contributed by atoms with Crippen molar-refractivity contribution in [2.45, 2.75) is 79.1 Å². The summed E-state index contributed by atoms with van der Waals surface area (Å²) in [6.07, 6.45) is 11.6. The lowest BCUT2D eigenvalue weighted by Gasteiger charge is -2.14. The molecule has 0 radical (unpaired) electrons. The van der Waals surface area contributed by atoms with Crippen LogP contribution in [0.5, 0.6) is 0 Å². The Hall–Kier alpha value is -2.35. The molecule has 0 atom stereocenters. The minimum absolute atomic E-state index is 1.07. The lowest BCUT2D eigenvalue weighted by molar-refractivity contribution is -0.604. The number of rotatable bonds is 6. The summed E-state index contributed by atoms with van der Waals surface area (Å²) in [7, 11) is 0. The van der Waals surface area contributed by atoms with Crippen molar-refractivity contribution in [2.75, 3.05) is 0 Å². The second-order valence-corrected chi connectivity index (χ2v) is 8.22. The monoisotopic (exact) mass is 387 g/mol. The Balaban J connectivity index is 2.02. The van der Waals surface area contributed by atoms with Gasteiger partial charge in [0.25, 0.3) is 6.33 Å². The number of benzene rings is 2. The summed E-state index contributed by atoms with van der Waals surface area (Å²) in [5, 5.41) is 0. The van der Waals surface area contributed by atoms with Crippen LogP contribution >= 0.6 is 0 Å². The van der Waals surface area contributed by atoms with Gasteiger partial charge in [-0.3, -0.25) is 0 Å². The van der Waals surface area contributed by atoms with E-state index in [0.717, 1.165) is 25.7 Å². The quantitative estimate of drug-likeness (QED) is 0.467. The van der Waals surface area contributed by atoms with Crippen LogP contribution < -0.4 is 4.57 Å². The first kappa shape index (κ1) is 19.9. The number of hydrogen-bond acceptors (Lipinski definition) is 0. The first-order valence-electron chi connectivity index (χ1n) is 11.6. The third-order valence-electron chi connectivity index (χ3n) is 6.63. The van der Waals surface area contributed by atoms with E-state index in [0.29, 0.717) is 0 Å². The second-order valence-electron chi connectivity index (χ2n) is 8.22. The maximum Gasteiger partial charge on any atom is 0.254 e. The fraction of sp³-hybridized carbons (Fsp3) is 0.444. The van der Waals surface area contributed by atoms with Crippen LogP contribution in [-0.2, 0) is 38.5 Å². The highest BCUT2D eigenvalue weighted by Gasteiger charge is 2.31. The van der Waals surface area contributed by atoms with E-state index in [-0.39, 0.29) is 0 Å². The predicted octanol–water partition coefficient (Wildman–Crippen LogP) is 5.88. The number of aryl methyl sites for hydroxylation is 4. The minimum Gasteiger partial charge on any atom is -0.198 e. The highest BCUT2D eigenvalue weighted by Crippen LogP contribution is 2.29. The molecule has 0 aliphatic heterocycles. The van der Waals surface area contributed by atoms with Crippen LogP contribution in [0.1, 0.15) is 74.2 Å². The van der Waals surface area contributed by atoms with Crippen molar-refractivity contribution in [3.05, 3.63) is 76.4 Å². The van der Waals surface area contributed by atoms with Crippen molar-refractivity contribution in [1.29, 1.82) is 0 Å². The van der Waals surface area contributed by atoms with Gasteiger partial charge in [0.05, 0.1) is 0 Å². The minimum atomic E-state index is 1.07. The first-order valence-corrected chi connectivity index (χ1v) is 11.6. The second kappa shape index (κ2) is 8.57. The Labute approximate surface area is 176 Å². The molecule has 1 aromatic heterocycles. The van der Waals surface area contributed by atoms with E-state index < -0.39 is 0 Å². The molecule has 0 saturated heterocycles. The Morgan fingerprint density at radius 2 is 1.24 bits per heavy atom. The largest absolute Gasteiger partial charge is 0.254 e. The van der Waals surface area contributed by atoms with E-state index in [4.69, 9.17) is 0 Å². The molecule has 0 unspecified atom stereocenters. The van der Waals surface area contributed by atoms with Gasteiger partial charge >= 0.3 is 0 Å². The van der Waals surface area contributed by atoms with Gasteiger partial charge in [0.2, 0.25) is 0 Å². The van der Waals surface area contributed by atoms with E-state index in [2.05, 4.69) is 79.6 Å². The predicted molar refractivity (Wildman–Crippen MR) is 121 cm³/mol. The standard InChI is InChI=1S/C27H35N2/c1-5-20-13-11-14-21(6-2)26(20)28-19-29(25-18-10-9-17-24(25)28)27-22(7-3)15-12-16-23(27)8-4/h11-16,19H,5-10,17-18H2,1-4H3/q+1. The van der Waals surface area contributed by atoms with E-state index in [9.17, 15) is 0 Å². The fourth-order valence-corrected chi connectivity index (χ4v) is 5.08. The summed E-state index contributed by atoms with van der Waals surface area (Å²) >= 11 is 0.